The summed E-state index contributed by atoms with van der Waals surface area (Å²) in [7, 11) is 0. The van der Waals surface area contributed by atoms with Crippen LogP contribution in [0.5, 0.6) is 0 Å². The van der Waals surface area contributed by atoms with Crippen molar-refractivity contribution in [2.75, 3.05) is 13.2 Å². The Labute approximate surface area is 455 Å². The number of esters is 1. The molecule has 0 aliphatic carbocycles. The van der Waals surface area contributed by atoms with Crippen LogP contribution < -0.4 is 5.32 Å². The first-order valence-electron chi connectivity index (χ1n) is 32.8. The van der Waals surface area contributed by atoms with Gasteiger partial charge in [-0.25, -0.2) is 0 Å². The molecule has 0 saturated carbocycles. The third kappa shape index (κ3) is 59.2. The number of amides is 1. The van der Waals surface area contributed by atoms with Crippen LogP contribution in [0, 0.1) is 0 Å². The number of aliphatic hydroxyl groups is 2. The summed E-state index contributed by atoms with van der Waals surface area (Å²) in [6.07, 6.45) is 79.1. The Hall–Kier alpha value is -1.92. The van der Waals surface area contributed by atoms with Crippen molar-refractivity contribution in [3.8, 4) is 0 Å². The first kappa shape index (κ1) is 71.1. The van der Waals surface area contributed by atoms with Crippen LogP contribution in [0.15, 0.2) is 36.5 Å². The summed E-state index contributed by atoms with van der Waals surface area (Å²) in [5.41, 5.74) is 0. The molecule has 0 spiro atoms. The van der Waals surface area contributed by atoms with E-state index in [-0.39, 0.29) is 18.5 Å². The Morgan fingerprint density at radius 2 is 0.685 bits per heavy atom. The number of ether oxygens (including phenoxy) is 1. The Kier molecular flexibility index (Phi) is 61.0. The van der Waals surface area contributed by atoms with E-state index in [1.807, 2.05) is 6.08 Å². The van der Waals surface area contributed by atoms with Crippen LogP contribution in [0.25, 0.3) is 0 Å². The van der Waals surface area contributed by atoms with Gasteiger partial charge in [0.25, 0.3) is 0 Å². The number of carbonyl (C=O) groups is 2. The van der Waals surface area contributed by atoms with Crippen LogP contribution in [0.1, 0.15) is 354 Å². The van der Waals surface area contributed by atoms with Gasteiger partial charge < -0.3 is 20.3 Å². The number of nitrogens with one attached hydrogen (secondary N) is 1. The quantitative estimate of drug-likeness (QED) is 0.0320. The van der Waals surface area contributed by atoms with E-state index in [0.717, 1.165) is 51.4 Å². The van der Waals surface area contributed by atoms with E-state index in [1.165, 1.54) is 276 Å². The molecule has 0 radical (unpaired) electrons. The molecule has 0 aliphatic rings. The summed E-state index contributed by atoms with van der Waals surface area (Å²) in [5.74, 6) is -0.0622. The van der Waals surface area contributed by atoms with Crippen molar-refractivity contribution < 1.29 is 24.5 Å². The van der Waals surface area contributed by atoms with Gasteiger partial charge in [0.15, 0.2) is 0 Å². The van der Waals surface area contributed by atoms with Crippen LogP contribution in [0.3, 0.4) is 0 Å². The Morgan fingerprint density at radius 3 is 1.05 bits per heavy atom. The smallest absolute Gasteiger partial charge is 0.305 e. The van der Waals surface area contributed by atoms with E-state index in [4.69, 9.17) is 4.74 Å². The van der Waals surface area contributed by atoms with Gasteiger partial charge in [-0.05, 0) is 64.2 Å². The predicted octanol–water partition coefficient (Wildman–Crippen LogP) is 20.8. The van der Waals surface area contributed by atoms with Gasteiger partial charge in [0.1, 0.15) is 0 Å². The third-order valence-electron chi connectivity index (χ3n) is 15.2. The maximum atomic E-state index is 12.5. The third-order valence-corrected chi connectivity index (χ3v) is 15.2. The minimum absolute atomic E-state index is 0.00263. The molecule has 6 heteroatoms. The summed E-state index contributed by atoms with van der Waals surface area (Å²) < 4.78 is 5.49. The molecule has 2 unspecified atom stereocenters. The van der Waals surface area contributed by atoms with Crippen molar-refractivity contribution >= 4 is 11.9 Å². The fourth-order valence-corrected chi connectivity index (χ4v) is 10.1. The lowest BCUT2D eigenvalue weighted by Gasteiger charge is -2.20. The van der Waals surface area contributed by atoms with Crippen molar-refractivity contribution in [3.63, 3.8) is 0 Å². The molecule has 0 fully saturated rings. The highest BCUT2D eigenvalue weighted by molar-refractivity contribution is 5.76. The van der Waals surface area contributed by atoms with E-state index < -0.39 is 12.1 Å². The fraction of sp³-hybridized carbons (Fsp3) is 0.881. The molecule has 0 aromatic rings. The number of aliphatic hydroxyl groups excluding tert-OH is 2. The summed E-state index contributed by atoms with van der Waals surface area (Å²) in [5, 5.41) is 23.1. The van der Waals surface area contributed by atoms with Gasteiger partial charge in [-0.2, -0.15) is 0 Å². The number of hydrogen-bond acceptors (Lipinski definition) is 5. The van der Waals surface area contributed by atoms with Gasteiger partial charge in [0.05, 0.1) is 25.4 Å². The van der Waals surface area contributed by atoms with Gasteiger partial charge in [-0.1, -0.05) is 314 Å². The normalized spacial score (nSPS) is 12.8. The monoisotopic (exact) mass is 1030 g/mol. The van der Waals surface area contributed by atoms with Crippen LogP contribution in [-0.4, -0.2) is 47.4 Å². The molecule has 0 aliphatic heterocycles. The molecule has 430 valence electrons. The highest BCUT2D eigenvalue weighted by Gasteiger charge is 2.18. The zero-order chi connectivity index (χ0) is 52.9. The predicted molar refractivity (Wildman–Crippen MR) is 319 cm³/mol. The average molecular weight is 1030 g/mol. The second-order valence-electron chi connectivity index (χ2n) is 22.5. The molecule has 3 N–H and O–H groups in total. The van der Waals surface area contributed by atoms with E-state index in [1.54, 1.807) is 6.08 Å². The molecule has 2 atom stereocenters. The lowest BCUT2D eigenvalue weighted by atomic mass is 10.0. The second kappa shape index (κ2) is 62.6. The number of allylic oxidation sites excluding steroid dienone is 5. The first-order valence-corrected chi connectivity index (χ1v) is 32.8. The lowest BCUT2D eigenvalue weighted by Crippen LogP contribution is -2.45. The lowest BCUT2D eigenvalue weighted by molar-refractivity contribution is -0.143. The topological polar surface area (TPSA) is 95.9 Å². The van der Waals surface area contributed by atoms with Gasteiger partial charge in [0.2, 0.25) is 5.91 Å². The summed E-state index contributed by atoms with van der Waals surface area (Å²) in [4.78, 5) is 24.5. The molecular formula is C67H127NO5. The van der Waals surface area contributed by atoms with E-state index in [9.17, 15) is 19.8 Å². The Bertz CT molecular complexity index is 1180. The van der Waals surface area contributed by atoms with Crippen molar-refractivity contribution in [2.45, 2.75) is 366 Å². The molecule has 0 heterocycles. The van der Waals surface area contributed by atoms with Crippen LogP contribution in [-0.2, 0) is 14.3 Å². The number of unbranched alkanes of at least 4 members (excludes halogenated alkanes) is 46. The minimum Gasteiger partial charge on any atom is -0.466 e. The zero-order valence-electron chi connectivity index (χ0n) is 49.1. The largest absolute Gasteiger partial charge is 0.466 e. The van der Waals surface area contributed by atoms with Gasteiger partial charge >= 0.3 is 5.97 Å². The van der Waals surface area contributed by atoms with E-state index in [2.05, 4.69) is 43.5 Å². The first-order chi connectivity index (χ1) is 36.0. The standard InChI is InChI=1S/C67H127NO5/c1-3-5-7-9-11-13-15-17-19-33-37-41-45-49-53-57-61-67(72)73-62-58-54-50-46-42-38-34-30-28-26-24-22-20-21-23-25-27-29-32-36-40-44-48-52-56-60-66(71)68-64(63-69)65(70)59-55-51-47-43-39-35-31-18-16-14-12-10-8-6-4-2/h13,15,19,33,55,59,64-65,69-70H,3-12,14,16-18,20-32,34-54,56-58,60-63H2,1-2H3,(H,68,71)/b15-13-,33-19-,59-55+. The van der Waals surface area contributed by atoms with Gasteiger partial charge in [0, 0.05) is 12.8 Å². The van der Waals surface area contributed by atoms with Crippen molar-refractivity contribution in [1.82, 2.24) is 5.32 Å². The zero-order valence-corrected chi connectivity index (χ0v) is 49.1. The molecule has 6 nitrogen and oxygen atoms in total. The summed E-state index contributed by atoms with van der Waals surface area (Å²) >= 11 is 0. The van der Waals surface area contributed by atoms with Crippen molar-refractivity contribution in [1.29, 1.82) is 0 Å². The maximum Gasteiger partial charge on any atom is 0.305 e. The Morgan fingerprint density at radius 1 is 0.384 bits per heavy atom. The van der Waals surface area contributed by atoms with E-state index in [0.29, 0.717) is 19.4 Å². The molecule has 0 aromatic heterocycles. The second-order valence-corrected chi connectivity index (χ2v) is 22.5. The Balaban J connectivity index is 3.38. The highest BCUT2D eigenvalue weighted by atomic mass is 16.5. The molecule has 73 heavy (non-hydrogen) atoms. The minimum atomic E-state index is -0.843. The molecule has 0 aromatic carbocycles. The molecular weight excluding hydrogens is 899 g/mol. The molecule has 0 saturated heterocycles. The number of rotatable bonds is 61. The van der Waals surface area contributed by atoms with Crippen molar-refractivity contribution in [2.24, 2.45) is 0 Å². The van der Waals surface area contributed by atoms with Crippen molar-refractivity contribution in [3.05, 3.63) is 36.5 Å². The highest BCUT2D eigenvalue weighted by Crippen LogP contribution is 2.18. The maximum absolute atomic E-state index is 12.5. The molecule has 0 bridgehead atoms. The average Bonchev–Trinajstić information content (AvgIpc) is 3.39. The van der Waals surface area contributed by atoms with Gasteiger partial charge in [-0.3, -0.25) is 9.59 Å². The number of hydrogen-bond donors (Lipinski definition) is 3. The fourth-order valence-electron chi connectivity index (χ4n) is 10.1. The molecule has 1 amide bonds. The van der Waals surface area contributed by atoms with Crippen LogP contribution in [0.4, 0.5) is 0 Å². The summed E-state index contributed by atoms with van der Waals surface area (Å²) in [6.45, 7) is 4.90. The summed E-state index contributed by atoms with van der Waals surface area (Å²) in [6, 6.07) is -0.626. The van der Waals surface area contributed by atoms with Gasteiger partial charge in [-0.15, -0.1) is 0 Å². The van der Waals surface area contributed by atoms with E-state index >= 15 is 0 Å². The number of carbonyl (C=O) groups excluding carboxylic acids is 2. The SMILES string of the molecule is CCCCCC/C=C\C/C=C\CCCCCCCC(=O)OCCCCCCCCCCCCCCCCCCCCCCCCCCCC(=O)NC(CO)C(O)/C=C/CCCCCCCCCCCCCCC. The van der Waals surface area contributed by atoms with Crippen LogP contribution in [0.2, 0.25) is 0 Å². The molecule has 0 rings (SSSR count). The van der Waals surface area contributed by atoms with Crippen LogP contribution >= 0.6 is 0 Å².